The second-order valence-corrected chi connectivity index (χ2v) is 6.70. The summed E-state index contributed by atoms with van der Waals surface area (Å²) >= 11 is 0. The van der Waals surface area contributed by atoms with Crippen molar-refractivity contribution >= 4 is 34.3 Å². The average Bonchev–Trinajstić information content (AvgIpc) is 2.70. The minimum absolute atomic E-state index is 0.222. The minimum Gasteiger partial charge on any atom is -0.397 e. The molecule has 6 heteroatoms. The minimum atomic E-state index is -0.222. The molecule has 0 atom stereocenters. The Morgan fingerprint density at radius 3 is 2.04 bits per heavy atom. The maximum atomic E-state index is 12.4. The Bertz CT molecular complexity index is 992. The van der Waals surface area contributed by atoms with E-state index >= 15 is 0 Å². The molecule has 0 radical (unpaired) electrons. The molecule has 0 saturated heterocycles. The first-order chi connectivity index (χ1) is 13.4. The van der Waals surface area contributed by atoms with Crippen LogP contribution in [-0.4, -0.2) is 20.0 Å². The molecule has 3 rings (SSSR count). The molecule has 0 aliphatic rings. The number of nitrogens with zero attached hydrogens (tertiary/aromatic N) is 3. The number of nitrogens with one attached hydrogen (secondary N) is 1. The van der Waals surface area contributed by atoms with Crippen molar-refractivity contribution in [2.45, 2.75) is 6.92 Å². The van der Waals surface area contributed by atoms with Gasteiger partial charge >= 0.3 is 0 Å². The Hall–Kier alpha value is -3.67. The van der Waals surface area contributed by atoms with Gasteiger partial charge < -0.3 is 16.0 Å². The second-order valence-electron chi connectivity index (χ2n) is 6.70. The summed E-state index contributed by atoms with van der Waals surface area (Å²) < 4.78 is 0. The number of nitrogens with two attached hydrogens (primary N) is 1. The Labute approximate surface area is 164 Å². The third-order valence-electron chi connectivity index (χ3n) is 4.23. The highest BCUT2D eigenvalue weighted by Crippen LogP contribution is 2.23. The summed E-state index contributed by atoms with van der Waals surface area (Å²) in [4.78, 5) is 14.5. The van der Waals surface area contributed by atoms with Crippen LogP contribution in [0.25, 0.3) is 0 Å². The van der Waals surface area contributed by atoms with Crippen LogP contribution in [0, 0.1) is 6.92 Å². The van der Waals surface area contributed by atoms with Gasteiger partial charge in [-0.25, -0.2) is 0 Å². The average molecular weight is 373 g/mol. The van der Waals surface area contributed by atoms with E-state index in [0.29, 0.717) is 22.6 Å². The van der Waals surface area contributed by atoms with Gasteiger partial charge in [0, 0.05) is 25.3 Å². The maximum Gasteiger partial charge on any atom is 0.255 e. The molecule has 0 aliphatic heterocycles. The summed E-state index contributed by atoms with van der Waals surface area (Å²) in [5.41, 5.74) is 11.1. The molecular formula is C22H23N5O. The predicted molar refractivity (Wildman–Crippen MR) is 115 cm³/mol. The molecule has 3 aromatic carbocycles. The van der Waals surface area contributed by atoms with E-state index in [9.17, 15) is 4.79 Å². The Morgan fingerprint density at radius 2 is 1.46 bits per heavy atom. The molecule has 6 nitrogen and oxygen atoms in total. The molecule has 0 aromatic heterocycles. The first-order valence-corrected chi connectivity index (χ1v) is 8.89. The van der Waals surface area contributed by atoms with Gasteiger partial charge in [-0.1, -0.05) is 6.07 Å². The number of nitrogen functional groups attached to an aromatic ring is 1. The molecule has 0 saturated carbocycles. The molecular weight excluding hydrogens is 350 g/mol. The van der Waals surface area contributed by atoms with E-state index in [0.717, 1.165) is 16.9 Å². The van der Waals surface area contributed by atoms with Crippen LogP contribution in [0.1, 0.15) is 15.9 Å². The second kappa shape index (κ2) is 8.35. The van der Waals surface area contributed by atoms with Crippen molar-refractivity contribution in [1.82, 2.24) is 0 Å². The molecule has 0 heterocycles. The zero-order valence-corrected chi connectivity index (χ0v) is 16.2. The SMILES string of the molecule is Cc1ccc(N)c(NC(=O)c2ccc(/N=N/c3ccc(N(C)C)cc3)cc2)c1. The van der Waals surface area contributed by atoms with Crippen molar-refractivity contribution < 1.29 is 4.79 Å². The lowest BCUT2D eigenvalue weighted by atomic mass is 10.1. The van der Waals surface area contributed by atoms with E-state index < -0.39 is 0 Å². The lowest BCUT2D eigenvalue weighted by Crippen LogP contribution is -2.13. The highest BCUT2D eigenvalue weighted by atomic mass is 16.1. The summed E-state index contributed by atoms with van der Waals surface area (Å²) in [5.74, 6) is -0.222. The van der Waals surface area contributed by atoms with Gasteiger partial charge in [-0.05, 0) is 73.2 Å². The number of azo groups is 1. The van der Waals surface area contributed by atoms with Gasteiger partial charge in [-0.2, -0.15) is 10.2 Å². The van der Waals surface area contributed by atoms with Crippen molar-refractivity contribution in [2.24, 2.45) is 10.2 Å². The number of aryl methyl sites for hydroxylation is 1. The molecule has 0 bridgehead atoms. The van der Waals surface area contributed by atoms with Gasteiger partial charge in [0.25, 0.3) is 5.91 Å². The zero-order chi connectivity index (χ0) is 20.1. The van der Waals surface area contributed by atoms with Crippen molar-refractivity contribution in [3.05, 3.63) is 77.9 Å². The van der Waals surface area contributed by atoms with Crippen LogP contribution in [0.4, 0.5) is 28.4 Å². The van der Waals surface area contributed by atoms with Gasteiger partial charge in [-0.15, -0.1) is 0 Å². The van der Waals surface area contributed by atoms with E-state index in [2.05, 4.69) is 15.5 Å². The highest BCUT2D eigenvalue weighted by Gasteiger charge is 2.08. The molecule has 0 aliphatic carbocycles. The van der Waals surface area contributed by atoms with Crippen LogP contribution in [0.2, 0.25) is 0 Å². The van der Waals surface area contributed by atoms with Crippen molar-refractivity contribution in [2.75, 3.05) is 30.0 Å². The van der Waals surface area contributed by atoms with Gasteiger partial charge in [0.1, 0.15) is 0 Å². The van der Waals surface area contributed by atoms with E-state index in [1.165, 1.54) is 0 Å². The van der Waals surface area contributed by atoms with Crippen LogP contribution in [0.15, 0.2) is 77.0 Å². The van der Waals surface area contributed by atoms with Crippen molar-refractivity contribution in [3.63, 3.8) is 0 Å². The number of benzene rings is 3. The fraction of sp³-hybridized carbons (Fsp3) is 0.136. The summed E-state index contributed by atoms with van der Waals surface area (Å²) in [6.07, 6.45) is 0. The number of rotatable bonds is 5. The van der Waals surface area contributed by atoms with Crippen LogP contribution in [0.3, 0.4) is 0 Å². The number of anilines is 3. The van der Waals surface area contributed by atoms with Crippen LogP contribution in [-0.2, 0) is 0 Å². The van der Waals surface area contributed by atoms with Gasteiger partial charge in [0.2, 0.25) is 0 Å². The molecule has 1 amide bonds. The van der Waals surface area contributed by atoms with Crippen LogP contribution < -0.4 is 16.0 Å². The number of carbonyl (C=O) groups is 1. The van der Waals surface area contributed by atoms with E-state index in [-0.39, 0.29) is 5.91 Å². The number of carbonyl (C=O) groups excluding carboxylic acids is 1. The highest BCUT2D eigenvalue weighted by molar-refractivity contribution is 6.05. The van der Waals surface area contributed by atoms with Crippen molar-refractivity contribution in [3.8, 4) is 0 Å². The van der Waals surface area contributed by atoms with E-state index in [1.54, 1.807) is 30.3 Å². The van der Waals surface area contributed by atoms with Crippen molar-refractivity contribution in [1.29, 1.82) is 0 Å². The van der Waals surface area contributed by atoms with Gasteiger partial charge in [-0.3, -0.25) is 4.79 Å². The lowest BCUT2D eigenvalue weighted by Gasteiger charge is -2.11. The normalized spacial score (nSPS) is 10.8. The fourth-order valence-corrected chi connectivity index (χ4v) is 2.59. The third-order valence-corrected chi connectivity index (χ3v) is 4.23. The van der Waals surface area contributed by atoms with Crippen LogP contribution >= 0.6 is 0 Å². The summed E-state index contributed by atoms with van der Waals surface area (Å²) in [6.45, 7) is 1.95. The van der Waals surface area contributed by atoms with Crippen LogP contribution in [0.5, 0.6) is 0 Å². The first kappa shape index (κ1) is 19.1. The standard InChI is InChI=1S/C22H23N5O/c1-15-4-13-20(23)21(14-15)24-22(28)16-5-7-17(8-6-16)25-26-18-9-11-19(12-10-18)27(2)3/h4-14H,23H2,1-3H3,(H,24,28)/b26-25+. The maximum absolute atomic E-state index is 12.4. The van der Waals surface area contributed by atoms with E-state index in [4.69, 9.17) is 5.73 Å². The number of hydrogen-bond donors (Lipinski definition) is 2. The van der Waals surface area contributed by atoms with Gasteiger partial charge in [0.05, 0.1) is 22.7 Å². The smallest absolute Gasteiger partial charge is 0.255 e. The summed E-state index contributed by atoms with van der Waals surface area (Å²) in [5, 5.41) is 11.3. The molecule has 0 fully saturated rings. The molecule has 142 valence electrons. The summed E-state index contributed by atoms with van der Waals surface area (Å²) in [6, 6.07) is 20.3. The lowest BCUT2D eigenvalue weighted by molar-refractivity contribution is 0.102. The first-order valence-electron chi connectivity index (χ1n) is 8.89. The summed E-state index contributed by atoms with van der Waals surface area (Å²) in [7, 11) is 3.98. The molecule has 3 N–H and O–H groups in total. The largest absolute Gasteiger partial charge is 0.397 e. The number of amides is 1. The Balaban J connectivity index is 1.67. The quantitative estimate of drug-likeness (QED) is 0.469. The topological polar surface area (TPSA) is 83.1 Å². The van der Waals surface area contributed by atoms with Gasteiger partial charge in [0.15, 0.2) is 0 Å². The van der Waals surface area contributed by atoms with E-state index in [1.807, 2.05) is 62.3 Å². The molecule has 0 unspecified atom stereocenters. The number of hydrogen-bond acceptors (Lipinski definition) is 5. The Kier molecular flexibility index (Phi) is 5.69. The monoisotopic (exact) mass is 373 g/mol. The zero-order valence-electron chi connectivity index (χ0n) is 16.2. The Morgan fingerprint density at radius 1 is 0.893 bits per heavy atom. The predicted octanol–water partition coefficient (Wildman–Crippen LogP) is 5.31. The molecule has 0 spiro atoms. The molecule has 28 heavy (non-hydrogen) atoms. The molecule has 3 aromatic rings. The fourth-order valence-electron chi connectivity index (χ4n) is 2.59. The third kappa shape index (κ3) is 4.73.